The molecule has 0 aliphatic rings. The summed E-state index contributed by atoms with van der Waals surface area (Å²) < 4.78 is 0. The smallest absolute Gasteiger partial charge is 0.138 e. The van der Waals surface area contributed by atoms with Crippen molar-refractivity contribution in [2.24, 2.45) is 0 Å². The molecule has 0 aliphatic heterocycles. The molecular formula is C10H13N3OS. The molecule has 0 aliphatic carbocycles. The standard InChI is InChI=1S/C10H13N3OS/c1-7(2-4-14)13-9-8-3-5-15-10(8)12-6-11-9/h3,5-7,14H,2,4H2,1H3,(H,11,12,13). The summed E-state index contributed by atoms with van der Waals surface area (Å²) in [5, 5.41) is 15.1. The number of aromatic nitrogens is 2. The lowest BCUT2D eigenvalue weighted by atomic mass is 10.2. The van der Waals surface area contributed by atoms with E-state index in [1.165, 1.54) is 0 Å². The fourth-order valence-electron chi connectivity index (χ4n) is 1.40. The van der Waals surface area contributed by atoms with Crippen molar-refractivity contribution < 1.29 is 5.11 Å². The van der Waals surface area contributed by atoms with Crippen molar-refractivity contribution in [1.29, 1.82) is 0 Å². The molecule has 0 radical (unpaired) electrons. The maximum atomic E-state index is 8.82. The van der Waals surface area contributed by atoms with Gasteiger partial charge in [-0.3, -0.25) is 0 Å². The Labute approximate surface area is 92.0 Å². The number of hydrogen-bond acceptors (Lipinski definition) is 5. The predicted octanol–water partition coefficient (Wildman–Crippen LogP) is 1.87. The van der Waals surface area contributed by atoms with E-state index < -0.39 is 0 Å². The molecule has 0 spiro atoms. The van der Waals surface area contributed by atoms with Gasteiger partial charge < -0.3 is 10.4 Å². The third-order valence-electron chi connectivity index (χ3n) is 2.21. The summed E-state index contributed by atoms with van der Waals surface area (Å²) in [5.41, 5.74) is 0. The van der Waals surface area contributed by atoms with Crippen molar-refractivity contribution >= 4 is 27.4 Å². The highest BCUT2D eigenvalue weighted by molar-refractivity contribution is 7.16. The van der Waals surface area contributed by atoms with Gasteiger partial charge in [0.05, 0.1) is 5.39 Å². The van der Waals surface area contributed by atoms with E-state index in [9.17, 15) is 0 Å². The molecule has 15 heavy (non-hydrogen) atoms. The normalized spacial score (nSPS) is 12.9. The van der Waals surface area contributed by atoms with Gasteiger partial charge in [0.2, 0.25) is 0 Å². The molecule has 0 saturated carbocycles. The molecule has 80 valence electrons. The highest BCUT2D eigenvalue weighted by Crippen LogP contribution is 2.24. The number of hydrogen-bond donors (Lipinski definition) is 2. The van der Waals surface area contributed by atoms with E-state index in [0.29, 0.717) is 0 Å². The van der Waals surface area contributed by atoms with Crippen LogP contribution in [-0.2, 0) is 0 Å². The summed E-state index contributed by atoms with van der Waals surface area (Å²) in [6, 6.07) is 2.22. The molecule has 1 unspecified atom stereocenters. The molecular weight excluding hydrogens is 210 g/mol. The van der Waals surface area contributed by atoms with Crippen LogP contribution < -0.4 is 5.32 Å². The molecule has 1 atom stereocenters. The number of thiophene rings is 1. The Morgan fingerprint density at radius 2 is 2.40 bits per heavy atom. The van der Waals surface area contributed by atoms with E-state index in [1.807, 2.05) is 18.4 Å². The molecule has 2 N–H and O–H groups in total. The number of rotatable bonds is 4. The number of nitrogens with zero attached hydrogens (tertiary/aromatic N) is 2. The maximum absolute atomic E-state index is 8.82. The summed E-state index contributed by atoms with van der Waals surface area (Å²) in [6.07, 6.45) is 2.28. The first-order chi connectivity index (χ1) is 7.31. The monoisotopic (exact) mass is 223 g/mol. The minimum Gasteiger partial charge on any atom is -0.396 e. The van der Waals surface area contributed by atoms with Gasteiger partial charge in [0.15, 0.2) is 0 Å². The minimum atomic E-state index is 0.187. The van der Waals surface area contributed by atoms with Gasteiger partial charge in [-0.1, -0.05) is 0 Å². The number of fused-ring (bicyclic) bond motifs is 1. The van der Waals surface area contributed by atoms with Crippen molar-refractivity contribution in [2.75, 3.05) is 11.9 Å². The Morgan fingerprint density at radius 1 is 1.53 bits per heavy atom. The molecule has 0 fully saturated rings. The van der Waals surface area contributed by atoms with E-state index in [1.54, 1.807) is 17.7 Å². The van der Waals surface area contributed by atoms with Crippen LogP contribution in [0.4, 0.5) is 5.82 Å². The summed E-state index contributed by atoms with van der Waals surface area (Å²) >= 11 is 1.60. The number of nitrogens with one attached hydrogen (secondary N) is 1. The molecule has 0 bridgehead atoms. The molecule has 2 rings (SSSR count). The van der Waals surface area contributed by atoms with Gasteiger partial charge in [0, 0.05) is 12.6 Å². The summed E-state index contributed by atoms with van der Waals surface area (Å²) in [4.78, 5) is 9.37. The third kappa shape index (κ3) is 2.24. The van der Waals surface area contributed by atoms with E-state index in [-0.39, 0.29) is 12.6 Å². The number of aliphatic hydroxyl groups excluding tert-OH is 1. The van der Waals surface area contributed by atoms with Crippen LogP contribution in [-0.4, -0.2) is 27.7 Å². The third-order valence-corrected chi connectivity index (χ3v) is 3.03. The maximum Gasteiger partial charge on any atom is 0.138 e. The average molecular weight is 223 g/mol. The summed E-state index contributed by atoms with van der Waals surface area (Å²) in [6.45, 7) is 2.21. The first-order valence-corrected chi connectivity index (χ1v) is 5.75. The Morgan fingerprint density at radius 3 is 3.20 bits per heavy atom. The second-order valence-electron chi connectivity index (χ2n) is 3.42. The Hall–Kier alpha value is -1.20. The second-order valence-corrected chi connectivity index (χ2v) is 4.31. The van der Waals surface area contributed by atoms with Crippen LogP contribution in [0.5, 0.6) is 0 Å². The van der Waals surface area contributed by atoms with Gasteiger partial charge in [-0.25, -0.2) is 9.97 Å². The predicted molar refractivity (Wildman–Crippen MR) is 62.2 cm³/mol. The van der Waals surface area contributed by atoms with Gasteiger partial charge in [0.25, 0.3) is 0 Å². The van der Waals surface area contributed by atoms with Crippen molar-refractivity contribution in [3.05, 3.63) is 17.8 Å². The summed E-state index contributed by atoms with van der Waals surface area (Å²) in [7, 11) is 0. The lowest BCUT2D eigenvalue weighted by Crippen LogP contribution is -2.17. The zero-order chi connectivity index (χ0) is 10.7. The van der Waals surface area contributed by atoms with Gasteiger partial charge in [0.1, 0.15) is 17.0 Å². The van der Waals surface area contributed by atoms with Gasteiger partial charge >= 0.3 is 0 Å². The number of anilines is 1. The average Bonchev–Trinajstić information content (AvgIpc) is 2.67. The Balaban J connectivity index is 2.23. The van der Waals surface area contributed by atoms with Crippen LogP contribution in [0.2, 0.25) is 0 Å². The van der Waals surface area contributed by atoms with E-state index in [0.717, 1.165) is 22.5 Å². The lowest BCUT2D eigenvalue weighted by molar-refractivity contribution is 0.282. The minimum absolute atomic E-state index is 0.187. The fourth-order valence-corrected chi connectivity index (χ4v) is 2.14. The van der Waals surface area contributed by atoms with Gasteiger partial charge in [-0.05, 0) is 24.8 Å². The van der Waals surface area contributed by atoms with Crippen molar-refractivity contribution in [1.82, 2.24) is 9.97 Å². The zero-order valence-electron chi connectivity index (χ0n) is 8.47. The molecule has 2 heterocycles. The molecule has 0 aromatic carbocycles. The van der Waals surface area contributed by atoms with Crippen molar-refractivity contribution in [2.45, 2.75) is 19.4 Å². The van der Waals surface area contributed by atoms with Gasteiger partial charge in [-0.2, -0.15) is 0 Å². The Bertz CT molecular complexity index is 443. The highest BCUT2D eigenvalue weighted by Gasteiger charge is 2.07. The van der Waals surface area contributed by atoms with E-state index in [2.05, 4.69) is 15.3 Å². The SMILES string of the molecule is CC(CCO)Nc1ncnc2sccc12. The van der Waals surface area contributed by atoms with Crippen LogP contribution in [0.1, 0.15) is 13.3 Å². The van der Waals surface area contributed by atoms with E-state index in [4.69, 9.17) is 5.11 Å². The zero-order valence-corrected chi connectivity index (χ0v) is 9.29. The highest BCUT2D eigenvalue weighted by atomic mass is 32.1. The topological polar surface area (TPSA) is 58.0 Å². The lowest BCUT2D eigenvalue weighted by Gasteiger charge is -2.13. The first-order valence-electron chi connectivity index (χ1n) is 4.87. The quantitative estimate of drug-likeness (QED) is 0.830. The number of aliphatic hydroxyl groups is 1. The Kier molecular flexibility index (Phi) is 3.13. The van der Waals surface area contributed by atoms with E-state index >= 15 is 0 Å². The molecule has 5 heteroatoms. The molecule has 0 amide bonds. The van der Waals surface area contributed by atoms with Crippen molar-refractivity contribution in [3.63, 3.8) is 0 Å². The first kappa shape index (κ1) is 10.3. The van der Waals surface area contributed by atoms with Crippen LogP contribution in [0, 0.1) is 0 Å². The molecule has 2 aromatic rings. The fraction of sp³-hybridized carbons (Fsp3) is 0.400. The molecule has 0 saturated heterocycles. The second kappa shape index (κ2) is 4.55. The van der Waals surface area contributed by atoms with Crippen LogP contribution >= 0.6 is 11.3 Å². The largest absolute Gasteiger partial charge is 0.396 e. The molecule has 4 nitrogen and oxygen atoms in total. The van der Waals surface area contributed by atoms with Crippen molar-refractivity contribution in [3.8, 4) is 0 Å². The molecule has 2 aromatic heterocycles. The summed E-state index contributed by atoms with van der Waals surface area (Å²) in [5.74, 6) is 0.849. The van der Waals surface area contributed by atoms with Crippen LogP contribution in [0.3, 0.4) is 0 Å². The van der Waals surface area contributed by atoms with Crippen LogP contribution in [0.15, 0.2) is 17.8 Å². The van der Waals surface area contributed by atoms with Crippen LogP contribution in [0.25, 0.3) is 10.2 Å². The van der Waals surface area contributed by atoms with Gasteiger partial charge in [-0.15, -0.1) is 11.3 Å².